The molecule has 1 aliphatic carbocycles. The Balaban J connectivity index is 1.92. The summed E-state index contributed by atoms with van der Waals surface area (Å²) in [5.74, 6) is -0.238. The molecule has 0 N–H and O–H groups in total. The van der Waals surface area contributed by atoms with Crippen LogP contribution in [0.1, 0.15) is 42.5 Å². The zero-order valence-electron chi connectivity index (χ0n) is 12.5. The van der Waals surface area contributed by atoms with Gasteiger partial charge in [0.2, 0.25) is 5.91 Å². The van der Waals surface area contributed by atoms with E-state index in [4.69, 9.17) is 4.42 Å². The smallest absolute Gasteiger partial charge is 0.258 e. The van der Waals surface area contributed by atoms with Crippen LogP contribution in [0, 0.1) is 0 Å². The van der Waals surface area contributed by atoms with Crippen LogP contribution in [-0.2, 0) is 4.79 Å². The summed E-state index contributed by atoms with van der Waals surface area (Å²) in [5.41, 5.74) is 0.436. The van der Waals surface area contributed by atoms with Crippen molar-refractivity contribution in [1.82, 2.24) is 9.80 Å². The third-order valence-corrected chi connectivity index (χ3v) is 4.70. The molecule has 1 saturated carbocycles. The molecular weight excluding hydrogens is 336 g/mol. The summed E-state index contributed by atoms with van der Waals surface area (Å²) in [6.45, 7) is 0.0868. The molecule has 0 atom stereocenters. The van der Waals surface area contributed by atoms with Crippen LogP contribution in [-0.4, -0.2) is 48.3 Å². The van der Waals surface area contributed by atoms with Gasteiger partial charge in [-0.15, -0.1) is 0 Å². The van der Waals surface area contributed by atoms with Gasteiger partial charge in [-0.25, -0.2) is 0 Å². The fourth-order valence-electron chi connectivity index (χ4n) is 2.71. The lowest BCUT2D eigenvalue weighted by atomic mass is 9.94. The highest BCUT2D eigenvalue weighted by atomic mass is 79.9. The van der Waals surface area contributed by atoms with Gasteiger partial charge in [0.25, 0.3) is 5.91 Å². The third-order valence-electron chi connectivity index (χ3n) is 4.08. The first-order valence-corrected chi connectivity index (χ1v) is 8.04. The Kier molecular flexibility index (Phi) is 5.45. The van der Waals surface area contributed by atoms with E-state index in [-0.39, 0.29) is 18.4 Å². The summed E-state index contributed by atoms with van der Waals surface area (Å²) < 4.78 is 5.45. The van der Waals surface area contributed by atoms with Crippen LogP contribution in [0.4, 0.5) is 0 Å². The van der Waals surface area contributed by atoms with Gasteiger partial charge in [-0.3, -0.25) is 9.59 Å². The fraction of sp³-hybridized carbons (Fsp3) is 0.600. The predicted molar refractivity (Wildman–Crippen MR) is 83.0 cm³/mol. The maximum atomic E-state index is 12.3. The molecule has 1 aliphatic rings. The molecule has 0 spiro atoms. The van der Waals surface area contributed by atoms with Crippen molar-refractivity contribution in [2.75, 3.05) is 20.6 Å². The van der Waals surface area contributed by atoms with E-state index in [0.29, 0.717) is 16.3 Å². The fourth-order valence-corrected chi connectivity index (χ4v) is 3.12. The molecule has 1 heterocycles. The van der Waals surface area contributed by atoms with Gasteiger partial charge >= 0.3 is 0 Å². The Morgan fingerprint density at radius 2 is 1.95 bits per heavy atom. The average Bonchev–Trinajstić information content (AvgIpc) is 2.92. The SMILES string of the molecule is CN(CC(=O)N(C)C1CCCCC1)C(=O)c1ccoc1Br. The van der Waals surface area contributed by atoms with Crippen LogP contribution >= 0.6 is 15.9 Å². The van der Waals surface area contributed by atoms with Gasteiger partial charge in [0.05, 0.1) is 18.4 Å². The topological polar surface area (TPSA) is 53.8 Å². The maximum absolute atomic E-state index is 12.3. The largest absolute Gasteiger partial charge is 0.457 e. The quantitative estimate of drug-likeness (QED) is 0.833. The van der Waals surface area contributed by atoms with Crippen molar-refractivity contribution in [3.05, 3.63) is 22.6 Å². The highest BCUT2D eigenvalue weighted by Gasteiger charge is 2.25. The van der Waals surface area contributed by atoms with Crippen molar-refractivity contribution in [1.29, 1.82) is 0 Å². The lowest BCUT2D eigenvalue weighted by Gasteiger charge is -2.32. The van der Waals surface area contributed by atoms with E-state index in [9.17, 15) is 9.59 Å². The molecule has 2 amide bonds. The monoisotopic (exact) mass is 356 g/mol. The minimum absolute atomic E-state index is 0.0163. The molecule has 1 fully saturated rings. The number of nitrogens with zero attached hydrogens (tertiary/aromatic N) is 2. The number of carbonyl (C=O) groups is 2. The molecule has 2 rings (SSSR count). The second-order valence-corrected chi connectivity index (χ2v) is 6.29. The number of amides is 2. The minimum atomic E-state index is -0.221. The summed E-state index contributed by atoms with van der Waals surface area (Å²) in [4.78, 5) is 27.8. The first kappa shape index (κ1) is 16.1. The highest BCUT2D eigenvalue weighted by molar-refractivity contribution is 9.10. The van der Waals surface area contributed by atoms with Crippen molar-refractivity contribution in [2.24, 2.45) is 0 Å². The molecule has 5 nitrogen and oxygen atoms in total. The van der Waals surface area contributed by atoms with Crippen LogP contribution in [0.2, 0.25) is 0 Å². The van der Waals surface area contributed by atoms with E-state index in [2.05, 4.69) is 15.9 Å². The summed E-state index contributed by atoms with van der Waals surface area (Å²) in [6.07, 6.45) is 7.19. The summed E-state index contributed by atoms with van der Waals surface area (Å²) in [7, 11) is 3.47. The standard InChI is InChI=1S/C15H21BrN2O3/c1-17(15(20)12-8-9-21-14(12)16)10-13(19)18(2)11-6-4-3-5-7-11/h8-9,11H,3-7,10H2,1-2H3. The summed E-state index contributed by atoms with van der Waals surface area (Å²) in [6, 6.07) is 1.91. The predicted octanol–water partition coefficient (Wildman–Crippen LogP) is 2.91. The lowest BCUT2D eigenvalue weighted by Crippen LogP contribution is -2.44. The molecule has 1 aromatic heterocycles. The zero-order valence-corrected chi connectivity index (χ0v) is 14.1. The van der Waals surface area contributed by atoms with Crippen LogP contribution in [0.5, 0.6) is 0 Å². The van der Waals surface area contributed by atoms with Gasteiger partial charge in [0, 0.05) is 20.1 Å². The van der Waals surface area contributed by atoms with Gasteiger partial charge in [-0.05, 0) is 34.8 Å². The number of halogens is 1. The van der Waals surface area contributed by atoms with Gasteiger partial charge in [0.1, 0.15) is 0 Å². The van der Waals surface area contributed by atoms with E-state index in [1.165, 1.54) is 30.4 Å². The van der Waals surface area contributed by atoms with E-state index in [0.717, 1.165) is 12.8 Å². The average molecular weight is 357 g/mol. The summed E-state index contributed by atoms with van der Waals surface area (Å²) in [5, 5.41) is 0. The molecular formula is C15H21BrN2O3. The van der Waals surface area contributed by atoms with Crippen molar-refractivity contribution < 1.29 is 14.0 Å². The van der Waals surface area contributed by atoms with E-state index in [1.807, 2.05) is 7.05 Å². The van der Waals surface area contributed by atoms with E-state index in [1.54, 1.807) is 18.0 Å². The van der Waals surface area contributed by atoms with Crippen molar-refractivity contribution in [2.45, 2.75) is 38.1 Å². The maximum Gasteiger partial charge on any atom is 0.258 e. The normalized spacial score (nSPS) is 15.8. The number of hydrogen-bond donors (Lipinski definition) is 0. The molecule has 116 valence electrons. The van der Waals surface area contributed by atoms with Crippen molar-refractivity contribution in [3.8, 4) is 0 Å². The number of rotatable bonds is 4. The van der Waals surface area contributed by atoms with Crippen molar-refractivity contribution >= 4 is 27.7 Å². The number of carbonyl (C=O) groups excluding carboxylic acids is 2. The van der Waals surface area contributed by atoms with Crippen LogP contribution in [0.15, 0.2) is 21.4 Å². The molecule has 0 aliphatic heterocycles. The molecule has 0 saturated heterocycles. The van der Waals surface area contributed by atoms with Gasteiger partial charge in [-0.1, -0.05) is 19.3 Å². The summed E-state index contributed by atoms with van der Waals surface area (Å²) >= 11 is 3.18. The Hall–Kier alpha value is -1.30. The third kappa shape index (κ3) is 3.87. The Morgan fingerprint density at radius 3 is 2.52 bits per heavy atom. The minimum Gasteiger partial charge on any atom is -0.457 e. The molecule has 0 unspecified atom stereocenters. The Labute approximate surface area is 133 Å². The van der Waals surface area contributed by atoms with E-state index < -0.39 is 0 Å². The number of furan rings is 1. The molecule has 0 radical (unpaired) electrons. The Morgan fingerprint density at radius 1 is 1.29 bits per heavy atom. The second-order valence-electron chi connectivity index (χ2n) is 5.57. The van der Waals surface area contributed by atoms with Crippen LogP contribution < -0.4 is 0 Å². The Bertz CT molecular complexity index is 509. The molecule has 21 heavy (non-hydrogen) atoms. The molecule has 0 bridgehead atoms. The number of likely N-dealkylation sites (N-methyl/N-ethyl adjacent to an activating group) is 2. The lowest BCUT2D eigenvalue weighted by molar-refractivity contribution is -0.133. The van der Waals surface area contributed by atoms with Crippen LogP contribution in [0.25, 0.3) is 0 Å². The highest BCUT2D eigenvalue weighted by Crippen LogP contribution is 2.22. The number of hydrogen-bond acceptors (Lipinski definition) is 3. The van der Waals surface area contributed by atoms with Crippen LogP contribution in [0.3, 0.4) is 0 Å². The molecule has 1 aromatic rings. The first-order valence-electron chi connectivity index (χ1n) is 7.25. The van der Waals surface area contributed by atoms with Gasteiger partial charge in [-0.2, -0.15) is 0 Å². The second kappa shape index (κ2) is 7.11. The molecule has 6 heteroatoms. The van der Waals surface area contributed by atoms with Gasteiger partial charge in [0.15, 0.2) is 4.67 Å². The first-order chi connectivity index (χ1) is 10.0. The molecule has 0 aromatic carbocycles. The van der Waals surface area contributed by atoms with E-state index >= 15 is 0 Å². The van der Waals surface area contributed by atoms with Crippen molar-refractivity contribution in [3.63, 3.8) is 0 Å². The zero-order chi connectivity index (χ0) is 15.4. The van der Waals surface area contributed by atoms with Gasteiger partial charge < -0.3 is 14.2 Å².